The molecule has 2 fully saturated rings. The Hall–Kier alpha value is -0.0800. The molecular weight excluding hydrogens is 208 g/mol. The average Bonchev–Trinajstić information content (AvgIpc) is 2.88. The van der Waals surface area contributed by atoms with E-state index in [-0.39, 0.29) is 0 Å². The standard InChI is InChI=1S/C15H30N2/c1-2-14-7-10-17(11-8-14)12-9-16-13-15-5-3-4-6-15/h14-16H,2-13H2,1H3. The van der Waals surface area contributed by atoms with Gasteiger partial charge in [0.05, 0.1) is 0 Å². The summed E-state index contributed by atoms with van der Waals surface area (Å²) in [6.45, 7) is 8.75. The molecule has 1 saturated carbocycles. The van der Waals surface area contributed by atoms with Crippen molar-refractivity contribution in [2.45, 2.75) is 51.9 Å². The second-order valence-corrected chi connectivity index (χ2v) is 6.05. The van der Waals surface area contributed by atoms with Gasteiger partial charge in [0.2, 0.25) is 0 Å². The van der Waals surface area contributed by atoms with Gasteiger partial charge in [-0.05, 0) is 57.2 Å². The largest absolute Gasteiger partial charge is 0.315 e. The minimum absolute atomic E-state index is 0.987. The van der Waals surface area contributed by atoms with E-state index in [1.165, 1.54) is 77.7 Å². The molecular formula is C15H30N2. The Balaban J connectivity index is 1.48. The number of nitrogens with zero attached hydrogens (tertiary/aromatic N) is 1. The lowest BCUT2D eigenvalue weighted by Crippen LogP contribution is -2.38. The van der Waals surface area contributed by atoms with Crippen LogP contribution in [-0.2, 0) is 0 Å². The molecule has 1 N–H and O–H groups in total. The van der Waals surface area contributed by atoms with E-state index in [4.69, 9.17) is 0 Å². The molecule has 0 aromatic heterocycles. The molecule has 0 bridgehead atoms. The molecule has 1 aliphatic carbocycles. The predicted molar refractivity (Wildman–Crippen MR) is 74.3 cm³/mol. The molecule has 2 rings (SSSR count). The maximum atomic E-state index is 3.66. The van der Waals surface area contributed by atoms with Crippen LogP contribution in [0.4, 0.5) is 0 Å². The summed E-state index contributed by atoms with van der Waals surface area (Å²) in [6.07, 6.45) is 10.1. The van der Waals surface area contributed by atoms with E-state index < -0.39 is 0 Å². The Kier molecular flexibility index (Phi) is 5.79. The van der Waals surface area contributed by atoms with Crippen LogP contribution in [-0.4, -0.2) is 37.6 Å². The third kappa shape index (κ3) is 4.59. The van der Waals surface area contributed by atoms with E-state index >= 15 is 0 Å². The van der Waals surface area contributed by atoms with Gasteiger partial charge in [-0.2, -0.15) is 0 Å². The zero-order valence-corrected chi connectivity index (χ0v) is 11.6. The second kappa shape index (κ2) is 7.38. The van der Waals surface area contributed by atoms with E-state index in [9.17, 15) is 0 Å². The van der Waals surface area contributed by atoms with Gasteiger partial charge in [-0.1, -0.05) is 26.2 Å². The van der Waals surface area contributed by atoms with Crippen LogP contribution in [0.3, 0.4) is 0 Å². The topological polar surface area (TPSA) is 15.3 Å². The molecule has 0 radical (unpaired) electrons. The zero-order valence-electron chi connectivity index (χ0n) is 11.6. The Morgan fingerprint density at radius 3 is 2.35 bits per heavy atom. The van der Waals surface area contributed by atoms with Crippen LogP contribution in [0.15, 0.2) is 0 Å². The minimum atomic E-state index is 0.987. The van der Waals surface area contributed by atoms with Gasteiger partial charge in [-0.15, -0.1) is 0 Å². The summed E-state index contributed by atoms with van der Waals surface area (Å²) in [4.78, 5) is 2.65. The Morgan fingerprint density at radius 1 is 1.00 bits per heavy atom. The molecule has 2 nitrogen and oxygen atoms in total. The van der Waals surface area contributed by atoms with Crippen LogP contribution in [0.25, 0.3) is 0 Å². The van der Waals surface area contributed by atoms with Gasteiger partial charge < -0.3 is 10.2 Å². The first-order valence-electron chi connectivity index (χ1n) is 7.81. The Bertz CT molecular complexity index is 191. The number of hydrogen-bond donors (Lipinski definition) is 1. The minimum Gasteiger partial charge on any atom is -0.315 e. The molecule has 2 heteroatoms. The highest BCUT2D eigenvalue weighted by molar-refractivity contribution is 4.73. The van der Waals surface area contributed by atoms with E-state index in [0.29, 0.717) is 0 Å². The van der Waals surface area contributed by atoms with Crippen molar-refractivity contribution in [1.82, 2.24) is 10.2 Å². The molecule has 0 spiro atoms. The first-order valence-corrected chi connectivity index (χ1v) is 7.81. The van der Waals surface area contributed by atoms with Gasteiger partial charge in [-0.3, -0.25) is 0 Å². The fraction of sp³-hybridized carbons (Fsp3) is 1.00. The predicted octanol–water partition coefficient (Wildman–Crippen LogP) is 2.89. The molecule has 2 aliphatic rings. The van der Waals surface area contributed by atoms with Gasteiger partial charge >= 0.3 is 0 Å². The lowest BCUT2D eigenvalue weighted by Gasteiger charge is -2.31. The number of piperidine rings is 1. The number of nitrogens with one attached hydrogen (secondary N) is 1. The van der Waals surface area contributed by atoms with E-state index in [1.54, 1.807) is 0 Å². The number of hydrogen-bond acceptors (Lipinski definition) is 2. The van der Waals surface area contributed by atoms with Crippen LogP contribution in [0.5, 0.6) is 0 Å². The van der Waals surface area contributed by atoms with E-state index in [2.05, 4.69) is 17.1 Å². The molecule has 1 saturated heterocycles. The maximum Gasteiger partial charge on any atom is 0.0107 e. The van der Waals surface area contributed by atoms with Crippen molar-refractivity contribution in [3.05, 3.63) is 0 Å². The highest BCUT2D eigenvalue weighted by Gasteiger charge is 2.17. The second-order valence-electron chi connectivity index (χ2n) is 6.05. The molecule has 0 aromatic rings. The number of likely N-dealkylation sites (tertiary alicyclic amines) is 1. The van der Waals surface area contributed by atoms with Crippen molar-refractivity contribution >= 4 is 0 Å². The van der Waals surface area contributed by atoms with Crippen molar-refractivity contribution in [2.75, 3.05) is 32.7 Å². The van der Waals surface area contributed by atoms with Crippen molar-refractivity contribution in [3.8, 4) is 0 Å². The molecule has 0 unspecified atom stereocenters. The van der Waals surface area contributed by atoms with Crippen LogP contribution in [0.2, 0.25) is 0 Å². The van der Waals surface area contributed by atoms with Crippen molar-refractivity contribution in [3.63, 3.8) is 0 Å². The quantitative estimate of drug-likeness (QED) is 0.716. The molecule has 0 amide bonds. The monoisotopic (exact) mass is 238 g/mol. The third-order valence-corrected chi connectivity index (χ3v) is 4.80. The lowest BCUT2D eigenvalue weighted by atomic mass is 9.94. The average molecular weight is 238 g/mol. The maximum absolute atomic E-state index is 3.66. The zero-order chi connectivity index (χ0) is 11.9. The van der Waals surface area contributed by atoms with E-state index in [0.717, 1.165) is 11.8 Å². The third-order valence-electron chi connectivity index (χ3n) is 4.80. The van der Waals surface area contributed by atoms with Crippen molar-refractivity contribution in [2.24, 2.45) is 11.8 Å². The summed E-state index contributed by atoms with van der Waals surface area (Å²) >= 11 is 0. The fourth-order valence-corrected chi connectivity index (χ4v) is 3.38. The van der Waals surface area contributed by atoms with Crippen molar-refractivity contribution < 1.29 is 0 Å². The van der Waals surface area contributed by atoms with Crippen LogP contribution >= 0.6 is 0 Å². The molecule has 1 heterocycles. The summed E-state index contributed by atoms with van der Waals surface area (Å²) in [5.74, 6) is 2.00. The molecule has 17 heavy (non-hydrogen) atoms. The lowest BCUT2D eigenvalue weighted by molar-refractivity contribution is 0.182. The first-order chi connectivity index (χ1) is 8.38. The highest BCUT2D eigenvalue weighted by Crippen LogP contribution is 2.23. The Morgan fingerprint density at radius 2 is 1.71 bits per heavy atom. The van der Waals surface area contributed by atoms with E-state index in [1.807, 2.05) is 0 Å². The SMILES string of the molecule is CCC1CCN(CCNCC2CCCC2)CC1. The van der Waals surface area contributed by atoms with Crippen LogP contribution in [0, 0.1) is 11.8 Å². The van der Waals surface area contributed by atoms with Crippen molar-refractivity contribution in [1.29, 1.82) is 0 Å². The van der Waals surface area contributed by atoms with Gasteiger partial charge in [0, 0.05) is 13.1 Å². The Labute approximate surface area is 107 Å². The summed E-state index contributed by atoms with van der Waals surface area (Å²) in [6, 6.07) is 0. The summed E-state index contributed by atoms with van der Waals surface area (Å²) in [5.41, 5.74) is 0. The molecule has 0 atom stereocenters. The molecule has 0 aromatic carbocycles. The number of rotatable bonds is 6. The first kappa shape index (κ1) is 13.4. The van der Waals surface area contributed by atoms with Crippen LogP contribution in [0.1, 0.15) is 51.9 Å². The fourth-order valence-electron chi connectivity index (χ4n) is 3.38. The molecule has 100 valence electrons. The summed E-state index contributed by atoms with van der Waals surface area (Å²) in [5, 5.41) is 3.66. The van der Waals surface area contributed by atoms with Gasteiger partial charge in [0.15, 0.2) is 0 Å². The highest BCUT2D eigenvalue weighted by atomic mass is 15.1. The smallest absolute Gasteiger partial charge is 0.0107 e. The summed E-state index contributed by atoms with van der Waals surface area (Å²) in [7, 11) is 0. The molecule has 1 aliphatic heterocycles. The van der Waals surface area contributed by atoms with Crippen LogP contribution < -0.4 is 5.32 Å². The van der Waals surface area contributed by atoms with Gasteiger partial charge in [0.1, 0.15) is 0 Å². The normalized spacial score (nSPS) is 24.5. The van der Waals surface area contributed by atoms with Gasteiger partial charge in [-0.25, -0.2) is 0 Å². The van der Waals surface area contributed by atoms with Gasteiger partial charge in [0.25, 0.3) is 0 Å². The summed E-state index contributed by atoms with van der Waals surface area (Å²) < 4.78 is 0.